The van der Waals surface area contributed by atoms with E-state index in [4.69, 9.17) is 46.4 Å². The van der Waals surface area contributed by atoms with E-state index in [0.29, 0.717) is 16.2 Å². The third kappa shape index (κ3) is 2.34. The summed E-state index contributed by atoms with van der Waals surface area (Å²) in [5, 5.41) is 1.96. The molecular formula is C13H6Cl4N2. The number of benzene rings is 1. The zero-order chi connectivity index (χ0) is 13.6. The topological polar surface area (TPSA) is 25.8 Å². The van der Waals surface area contributed by atoms with Crippen molar-refractivity contribution >= 4 is 68.2 Å². The molecular weight excluding hydrogens is 326 g/mol. The molecule has 0 N–H and O–H groups in total. The summed E-state index contributed by atoms with van der Waals surface area (Å²) in [5.74, 6) is 0. The summed E-state index contributed by atoms with van der Waals surface area (Å²) in [4.78, 5) is 8.63. The second-order valence-electron chi connectivity index (χ2n) is 4.03. The lowest BCUT2D eigenvalue weighted by Crippen LogP contribution is -2.02. The minimum absolute atomic E-state index is 0.376. The molecule has 0 radical (unpaired) electrons. The second kappa shape index (κ2) is 4.64. The summed E-state index contributed by atoms with van der Waals surface area (Å²) in [5.41, 5.74) is 1.93. The Morgan fingerprint density at radius 3 is 2.53 bits per heavy atom. The first kappa shape index (κ1) is 13.2. The van der Waals surface area contributed by atoms with Crippen molar-refractivity contribution in [2.24, 2.45) is 0 Å². The largest absolute Gasteiger partial charge is 0.254 e. The van der Waals surface area contributed by atoms with Gasteiger partial charge in [-0.05, 0) is 24.3 Å². The van der Waals surface area contributed by atoms with Crippen molar-refractivity contribution in [3.63, 3.8) is 0 Å². The van der Waals surface area contributed by atoms with Gasteiger partial charge in [0, 0.05) is 22.5 Å². The van der Waals surface area contributed by atoms with Crippen molar-refractivity contribution in [3.8, 4) is 0 Å². The van der Waals surface area contributed by atoms with Gasteiger partial charge in [-0.2, -0.15) is 0 Å². The monoisotopic (exact) mass is 330 g/mol. The first-order chi connectivity index (χ1) is 8.97. The van der Waals surface area contributed by atoms with Crippen molar-refractivity contribution in [1.29, 1.82) is 0 Å². The molecule has 96 valence electrons. The van der Waals surface area contributed by atoms with Crippen LogP contribution in [0.15, 0.2) is 36.5 Å². The molecule has 3 rings (SSSR count). The maximum atomic E-state index is 6.03. The van der Waals surface area contributed by atoms with Crippen LogP contribution in [0.3, 0.4) is 0 Å². The zero-order valence-corrected chi connectivity index (χ0v) is 12.4. The van der Waals surface area contributed by atoms with E-state index in [0.717, 1.165) is 16.3 Å². The molecule has 6 heteroatoms. The van der Waals surface area contributed by atoms with Crippen LogP contribution in [-0.4, -0.2) is 9.97 Å². The summed E-state index contributed by atoms with van der Waals surface area (Å²) in [6.45, 7) is 0. The molecule has 2 aromatic heterocycles. The Morgan fingerprint density at radius 1 is 1.00 bits per heavy atom. The van der Waals surface area contributed by atoms with Crippen LogP contribution >= 0.6 is 46.4 Å². The van der Waals surface area contributed by atoms with E-state index in [9.17, 15) is 0 Å². The Labute approximate surface area is 129 Å². The maximum absolute atomic E-state index is 6.03. The van der Waals surface area contributed by atoms with Crippen molar-refractivity contribution in [3.05, 3.63) is 47.2 Å². The smallest absolute Gasteiger partial charge is 0.216 e. The molecule has 1 aromatic carbocycles. The lowest BCUT2D eigenvalue weighted by atomic mass is 10.1. The molecule has 2 nitrogen and oxygen atoms in total. The van der Waals surface area contributed by atoms with E-state index in [-0.39, 0.29) is 0 Å². The van der Waals surface area contributed by atoms with Gasteiger partial charge < -0.3 is 0 Å². The highest BCUT2D eigenvalue weighted by atomic mass is 35.6. The molecule has 0 atom stereocenters. The molecule has 2 heterocycles. The quantitative estimate of drug-likeness (QED) is 0.319. The fourth-order valence-electron chi connectivity index (χ4n) is 2.03. The van der Waals surface area contributed by atoms with Crippen LogP contribution in [0.1, 0.15) is 5.56 Å². The summed E-state index contributed by atoms with van der Waals surface area (Å²) in [6.07, 6.45) is 1.69. The number of pyridine rings is 2. The van der Waals surface area contributed by atoms with Crippen LogP contribution in [-0.2, 0) is 3.79 Å². The zero-order valence-electron chi connectivity index (χ0n) is 9.37. The first-order valence-electron chi connectivity index (χ1n) is 5.38. The number of hydrogen-bond donors (Lipinski definition) is 0. The van der Waals surface area contributed by atoms with E-state index in [1.807, 2.05) is 18.2 Å². The van der Waals surface area contributed by atoms with Gasteiger partial charge in [-0.3, -0.25) is 4.98 Å². The molecule has 3 aromatic rings. The molecule has 0 aliphatic heterocycles. The SMILES string of the molecule is Clc1ccc2c(C(Cl)(Cl)Cl)cc3cccnc3c2n1. The predicted molar refractivity (Wildman–Crippen MR) is 81.3 cm³/mol. The van der Waals surface area contributed by atoms with Crippen LogP contribution < -0.4 is 0 Å². The van der Waals surface area contributed by atoms with Gasteiger partial charge in [-0.1, -0.05) is 52.5 Å². The third-order valence-corrected chi connectivity index (χ3v) is 3.64. The number of fused-ring (bicyclic) bond motifs is 3. The normalized spacial score (nSPS) is 12.2. The fraction of sp³-hybridized carbons (Fsp3) is 0.0769. The Morgan fingerprint density at radius 2 is 1.79 bits per heavy atom. The Hall–Kier alpha value is -0.800. The number of rotatable bonds is 0. The second-order valence-corrected chi connectivity index (χ2v) is 6.70. The van der Waals surface area contributed by atoms with E-state index in [1.54, 1.807) is 18.3 Å². The predicted octanol–water partition coefficient (Wildman–Crippen LogP) is 5.26. The van der Waals surface area contributed by atoms with Gasteiger partial charge in [0.15, 0.2) is 0 Å². The van der Waals surface area contributed by atoms with Crippen molar-refractivity contribution < 1.29 is 0 Å². The molecule has 0 saturated carbocycles. The van der Waals surface area contributed by atoms with Gasteiger partial charge in [-0.15, -0.1) is 0 Å². The number of halogens is 4. The highest BCUT2D eigenvalue weighted by molar-refractivity contribution is 6.67. The first-order valence-corrected chi connectivity index (χ1v) is 6.89. The van der Waals surface area contributed by atoms with Crippen molar-refractivity contribution in [2.45, 2.75) is 3.79 Å². The lowest BCUT2D eigenvalue weighted by Gasteiger charge is -2.15. The molecule has 19 heavy (non-hydrogen) atoms. The third-order valence-electron chi connectivity index (χ3n) is 2.82. The molecule has 0 aliphatic rings. The van der Waals surface area contributed by atoms with Crippen LogP contribution in [0, 0.1) is 0 Å². The molecule has 0 amide bonds. The Bertz CT molecular complexity index is 781. The summed E-state index contributed by atoms with van der Waals surface area (Å²) >= 11 is 24.0. The van der Waals surface area contributed by atoms with Crippen molar-refractivity contribution in [1.82, 2.24) is 9.97 Å². The average molecular weight is 332 g/mol. The number of nitrogens with zero attached hydrogens (tertiary/aromatic N) is 2. The van der Waals surface area contributed by atoms with E-state index in [1.165, 1.54) is 0 Å². The van der Waals surface area contributed by atoms with Gasteiger partial charge in [0.1, 0.15) is 5.15 Å². The Balaban J connectivity index is 2.55. The van der Waals surface area contributed by atoms with Crippen LogP contribution in [0.2, 0.25) is 5.15 Å². The fourth-order valence-corrected chi connectivity index (χ4v) is 2.65. The average Bonchev–Trinajstić information content (AvgIpc) is 2.36. The summed E-state index contributed by atoms with van der Waals surface area (Å²) < 4.78 is -1.53. The molecule has 0 bridgehead atoms. The highest BCUT2D eigenvalue weighted by Crippen LogP contribution is 2.43. The van der Waals surface area contributed by atoms with Gasteiger partial charge in [0.2, 0.25) is 3.79 Å². The standard InChI is InChI=1S/C13H6Cl4N2/c14-10-4-3-8-9(13(15,16)17)6-7-2-1-5-18-11(7)12(8)19-10/h1-6H. The summed E-state index contributed by atoms with van der Waals surface area (Å²) in [6, 6.07) is 8.98. The minimum Gasteiger partial charge on any atom is -0.254 e. The Kier molecular flexibility index (Phi) is 3.22. The summed E-state index contributed by atoms with van der Waals surface area (Å²) in [7, 11) is 0. The number of aromatic nitrogens is 2. The van der Waals surface area contributed by atoms with Crippen molar-refractivity contribution in [2.75, 3.05) is 0 Å². The molecule has 0 spiro atoms. The van der Waals surface area contributed by atoms with Gasteiger partial charge in [-0.25, -0.2) is 4.98 Å². The highest BCUT2D eigenvalue weighted by Gasteiger charge is 2.26. The van der Waals surface area contributed by atoms with Gasteiger partial charge in [0.05, 0.1) is 11.0 Å². The van der Waals surface area contributed by atoms with Crippen LogP contribution in [0.5, 0.6) is 0 Å². The molecule has 0 unspecified atom stereocenters. The van der Waals surface area contributed by atoms with E-state index in [2.05, 4.69) is 9.97 Å². The van der Waals surface area contributed by atoms with Gasteiger partial charge >= 0.3 is 0 Å². The van der Waals surface area contributed by atoms with Crippen LogP contribution in [0.4, 0.5) is 0 Å². The number of alkyl halides is 3. The lowest BCUT2D eigenvalue weighted by molar-refractivity contribution is 1.26. The molecule has 0 fully saturated rings. The minimum atomic E-state index is -1.53. The molecule has 0 aliphatic carbocycles. The molecule has 0 saturated heterocycles. The maximum Gasteiger partial charge on any atom is 0.216 e. The number of hydrogen-bond acceptors (Lipinski definition) is 2. The van der Waals surface area contributed by atoms with Gasteiger partial charge in [0.25, 0.3) is 0 Å². The van der Waals surface area contributed by atoms with E-state index >= 15 is 0 Å². The van der Waals surface area contributed by atoms with E-state index < -0.39 is 3.79 Å². The van der Waals surface area contributed by atoms with Crippen LogP contribution in [0.25, 0.3) is 21.8 Å².